The predicted molar refractivity (Wildman–Crippen MR) is 42.6 cm³/mol. The van der Waals surface area contributed by atoms with Crippen LogP contribution in [0, 0.1) is 0 Å². The molecule has 0 saturated heterocycles. The van der Waals surface area contributed by atoms with Gasteiger partial charge in [0, 0.05) is 12.1 Å². The van der Waals surface area contributed by atoms with Crippen LogP contribution < -0.4 is 5.32 Å². The highest BCUT2D eigenvalue weighted by Gasteiger charge is 2.00. The zero-order chi connectivity index (χ0) is 7.28. The van der Waals surface area contributed by atoms with Gasteiger partial charge in [0.1, 0.15) is 0 Å². The lowest BCUT2D eigenvalue weighted by Crippen LogP contribution is -2.33. The smallest absolute Gasteiger partial charge is 0.00385 e. The molecule has 1 N–H and O–H groups in total. The molecule has 1 heteroatoms. The van der Waals surface area contributed by atoms with Crippen molar-refractivity contribution in [2.75, 3.05) is 0 Å². The van der Waals surface area contributed by atoms with E-state index in [1.165, 1.54) is 12.8 Å². The molecule has 0 spiro atoms. The molecular formula is C8H19N. The molecule has 0 aromatic rings. The highest BCUT2D eigenvalue weighted by Crippen LogP contribution is 1.93. The molecule has 0 aliphatic carbocycles. The highest BCUT2D eigenvalue weighted by atomic mass is 14.9. The second-order valence-electron chi connectivity index (χ2n) is 2.79. The van der Waals surface area contributed by atoms with Gasteiger partial charge in [-0.3, -0.25) is 0 Å². The van der Waals surface area contributed by atoms with Crippen molar-refractivity contribution in [1.29, 1.82) is 0 Å². The van der Waals surface area contributed by atoms with Crippen LogP contribution in [0.5, 0.6) is 0 Å². The van der Waals surface area contributed by atoms with Gasteiger partial charge in [-0.1, -0.05) is 13.8 Å². The van der Waals surface area contributed by atoms with Gasteiger partial charge in [-0.05, 0) is 26.7 Å². The van der Waals surface area contributed by atoms with Gasteiger partial charge in [0.25, 0.3) is 0 Å². The van der Waals surface area contributed by atoms with E-state index in [-0.39, 0.29) is 0 Å². The monoisotopic (exact) mass is 129 g/mol. The third-order valence-corrected chi connectivity index (χ3v) is 1.79. The maximum atomic E-state index is 3.48. The third kappa shape index (κ3) is 4.46. The van der Waals surface area contributed by atoms with Gasteiger partial charge >= 0.3 is 0 Å². The van der Waals surface area contributed by atoms with Crippen molar-refractivity contribution in [2.24, 2.45) is 0 Å². The van der Waals surface area contributed by atoms with Crippen molar-refractivity contribution in [3.8, 4) is 0 Å². The molecular weight excluding hydrogens is 110 g/mol. The van der Waals surface area contributed by atoms with Crippen molar-refractivity contribution in [1.82, 2.24) is 5.32 Å². The first-order valence-electron chi connectivity index (χ1n) is 3.96. The van der Waals surface area contributed by atoms with Crippen molar-refractivity contribution < 1.29 is 0 Å². The molecule has 0 aliphatic heterocycles. The van der Waals surface area contributed by atoms with E-state index in [2.05, 4.69) is 33.0 Å². The molecule has 56 valence electrons. The Morgan fingerprint density at radius 2 is 1.33 bits per heavy atom. The maximum absolute atomic E-state index is 3.48. The SMILES string of the molecule is CC[C@@H](C)N[C@H](C)CC. The molecule has 2 atom stereocenters. The van der Waals surface area contributed by atoms with E-state index in [1.54, 1.807) is 0 Å². The molecule has 0 heterocycles. The summed E-state index contributed by atoms with van der Waals surface area (Å²) in [6.07, 6.45) is 2.45. The second-order valence-corrected chi connectivity index (χ2v) is 2.79. The summed E-state index contributed by atoms with van der Waals surface area (Å²) in [5.41, 5.74) is 0. The zero-order valence-corrected chi connectivity index (χ0v) is 7.07. The largest absolute Gasteiger partial charge is 0.312 e. The fraction of sp³-hybridized carbons (Fsp3) is 1.00. The standard InChI is InChI=1S/C8H19N/c1-5-7(3)9-8(4)6-2/h7-9H,5-6H2,1-4H3/t7-,8-/m1/s1. The summed E-state index contributed by atoms with van der Waals surface area (Å²) in [5, 5.41) is 3.48. The lowest BCUT2D eigenvalue weighted by atomic mass is 10.2. The minimum atomic E-state index is 0.681. The lowest BCUT2D eigenvalue weighted by Gasteiger charge is -2.16. The van der Waals surface area contributed by atoms with Crippen LogP contribution in [0.3, 0.4) is 0 Å². The summed E-state index contributed by atoms with van der Waals surface area (Å²) in [5.74, 6) is 0. The van der Waals surface area contributed by atoms with Crippen molar-refractivity contribution in [3.05, 3.63) is 0 Å². The number of hydrogen-bond acceptors (Lipinski definition) is 1. The number of rotatable bonds is 4. The Morgan fingerprint density at radius 1 is 1.00 bits per heavy atom. The van der Waals surface area contributed by atoms with Crippen LogP contribution in [-0.2, 0) is 0 Å². The molecule has 0 aliphatic rings. The molecule has 0 rings (SSSR count). The fourth-order valence-corrected chi connectivity index (χ4v) is 0.721. The Labute approximate surface area is 58.8 Å². The Balaban J connectivity index is 3.22. The Hall–Kier alpha value is -0.0400. The van der Waals surface area contributed by atoms with Crippen molar-refractivity contribution in [2.45, 2.75) is 52.6 Å². The van der Waals surface area contributed by atoms with E-state index in [4.69, 9.17) is 0 Å². The predicted octanol–water partition coefficient (Wildman–Crippen LogP) is 2.17. The van der Waals surface area contributed by atoms with Gasteiger partial charge < -0.3 is 5.32 Å². The van der Waals surface area contributed by atoms with Crippen molar-refractivity contribution in [3.63, 3.8) is 0 Å². The molecule has 0 aromatic carbocycles. The van der Waals surface area contributed by atoms with Crippen LogP contribution in [0.25, 0.3) is 0 Å². The summed E-state index contributed by atoms with van der Waals surface area (Å²) in [6.45, 7) is 8.87. The molecule has 0 saturated carbocycles. The number of hydrogen-bond donors (Lipinski definition) is 1. The molecule has 0 bridgehead atoms. The first kappa shape index (κ1) is 8.96. The van der Waals surface area contributed by atoms with Gasteiger partial charge in [-0.25, -0.2) is 0 Å². The van der Waals surface area contributed by atoms with Crippen LogP contribution in [0.4, 0.5) is 0 Å². The summed E-state index contributed by atoms with van der Waals surface area (Å²) in [4.78, 5) is 0. The normalized spacial score (nSPS) is 17.3. The Bertz CT molecular complexity index is 53.6. The van der Waals surface area contributed by atoms with E-state index >= 15 is 0 Å². The van der Waals surface area contributed by atoms with E-state index in [9.17, 15) is 0 Å². The van der Waals surface area contributed by atoms with E-state index in [0.717, 1.165) is 0 Å². The minimum Gasteiger partial charge on any atom is -0.312 e. The van der Waals surface area contributed by atoms with E-state index in [0.29, 0.717) is 12.1 Å². The Kier molecular flexibility index (Phi) is 4.78. The van der Waals surface area contributed by atoms with Crippen LogP contribution in [0.15, 0.2) is 0 Å². The first-order valence-corrected chi connectivity index (χ1v) is 3.96. The average Bonchev–Trinajstić information content (AvgIpc) is 1.87. The van der Waals surface area contributed by atoms with Gasteiger partial charge in [-0.15, -0.1) is 0 Å². The van der Waals surface area contributed by atoms with Gasteiger partial charge in [0.15, 0.2) is 0 Å². The molecule has 0 fully saturated rings. The third-order valence-electron chi connectivity index (χ3n) is 1.79. The van der Waals surface area contributed by atoms with E-state index in [1.807, 2.05) is 0 Å². The van der Waals surface area contributed by atoms with Gasteiger partial charge in [-0.2, -0.15) is 0 Å². The average molecular weight is 129 g/mol. The zero-order valence-electron chi connectivity index (χ0n) is 7.07. The van der Waals surface area contributed by atoms with Gasteiger partial charge in [0.05, 0.1) is 0 Å². The van der Waals surface area contributed by atoms with E-state index < -0.39 is 0 Å². The lowest BCUT2D eigenvalue weighted by molar-refractivity contribution is 0.449. The summed E-state index contributed by atoms with van der Waals surface area (Å²) in [7, 11) is 0. The number of nitrogens with one attached hydrogen (secondary N) is 1. The molecule has 1 nitrogen and oxygen atoms in total. The topological polar surface area (TPSA) is 12.0 Å². The fourth-order valence-electron chi connectivity index (χ4n) is 0.721. The van der Waals surface area contributed by atoms with Crippen LogP contribution in [0.1, 0.15) is 40.5 Å². The molecule has 0 amide bonds. The minimum absolute atomic E-state index is 0.681. The summed E-state index contributed by atoms with van der Waals surface area (Å²) < 4.78 is 0. The van der Waals surface area contributed by atoms with Crippen LogP contribution in [-0.4, -0.2) is 12.1 Å². The molecule has 9 heavy (non-hydrogen) atoms. The summed E-state index contributed by atoms with van der Waals surface area (Å²) >= 11 is 0. The van der Waals surface area contributed by atoms with Crippen LogP contribution >= 0.6 is 0 Å². The first-order chi connectivity index (χ1) is 4.20. The quantitative estimate of drug-likeness (QED) is 0.613. The highest BCUT2D eigenvalue weighted by molar-refractivity contribution is 4.63. The van der Waals surface area contributed by atoms with Crippen LogP contribution in [0.2, 0.25) is 0 Å². The summed E-state index contributed by atoms with van der Waals surface area (Å²) in [6, 6.07) is 1.36. The molecule has 0 aromatic heterocycles. The molecule has 0 unspecified atom stereocenters. The van der Waals surface area contributed by atoms with Crippen molar-refractivity contribution >= 4 is 0 Å². The molecule has 0 radical (unpaired) electrons. The Morgan fingerprint density at radius 3 is 1.56 bits per heavy atom. The maximum Gasteiger partial charge on any atom is 0.00385 e. The second kappa shape index (κ2) is 4.80. The van der Waals surface area contributed by atoms with Gasteiger partial charge in [0.2, 0.25) is 0 Å².